The number of aliphatic imine (C=N–C) groups is 1. The van der Waals surface area contributed by atoms with Crippen molar-refractivity contribution >= 4 is 35.6 Å². The Morgan fingerprint density at radius 1 is 1.10 bits per heavy atom. The fourth-order valence-corrected chi connectivity index (χ4v) is 2.95. The van der Waals surface area contributed by atoms with E-state index in [9.17, 15) is 0 Å². The maximum Gasteiger partial charge on any atom is 0.191 e. The predicted molar refractivity (Wildman–Crippen MR) is 132 cm³/mol. The summed E-state index contributed by atoms with van der Waals surface area (Å²) in [5.41, 5.74) is 2.03. The molecule has 0 aliphatic carbocycles. The summed E-state index contributed by atoms with van der Waals surface area (Å²) in [6.45, 7) is 7.84. The number of pyridine rings is 1. The van der Waals surface area contributed by atoms with Crippen molar-refractivity contribution in [2.24, 2.45) is 10.9 Å². The lowest BCUT2D eigenvalue weighted by molar-refractivity contribution is 0.271. The van der Waals surface area contributed by atoms with Crippen LogP contribution >= 0.6 is 24.0 Å². The van der Waals surface area contributed by atoms with Gasteiger partial charge in [0, 0.05) is 26.2 Å². The largest absolute Gasteiger partial charge is 0.493 e. The van der Waals surface area contributed by atoms with Crippen molar-refractivity contribution in [1.82, 2.24) is 25.2 Å². The Morgan fingerprint density at radius 3 is 2.57 bits per heavy atom. The van der Waals surface area contributed by atoms with Gasteiger partial charge in [0.1, 0.15) is 11.6 Å². The molecule has 1 aromatic carbocycles. The number of ether oxygens (including phenoxy) is 1. The van der Waals surface area contributed by atoms with Gasteiger partial charge < -0.3 is 15.4 Å². The summed E-state index contributed by atoms with van der Waals surface area (Å²) in [6, 6.07) is 14.2. The van der Waals surface area contributed by atoms with Gasteiger partial charge in [0.05, 0.1) is 12.6 Å². The van der Waals surface area contributed by atoms with Gasteiger partial charge in [-0.1, -0.05) is 32.0 Å². The summed E-state index contributed by atoms with van der Waals surface area (Å²) in [5.74, 6) is 3.10. The van der Waals surface area contributed by atoms with Gasteiger partial charge in [0.25, 0.3) is 0 Å². The third-order valence-corrected chi connectivity index (χ3v) is 4.57. The van der Waals surface area contributed by atoms with Crippen LogP contribution in [0.3, 0.4) is 0 Å². The average molecular weight is 522 g/mol. The highest BCUT2D eigenvalue weighted by Crippen LogP contribution is 2.18. The van der Waals surface area contributed by atoms with Crippen LogP contribution in [0.4, 0.5) is 0 Å². The first-order chi connectivity index (χ1) is 14.1. The van der Waals surface area contributed by atoms with Gasteiger partial charge in [0.15, 0.2) is 11.6 Å². The standard InChI is InChI=1S/C22H30N6O.HI/c1-16(2)15-29-19-10-8-18(9-11-19)17(3)25-22(23-4)24-13-12-21-27-26-20-7-5-6-14-28(20)21;/h5-11,14,16-17H,12-13,15H2,1-4H3,(H2,23,24,25);1H. The molecule has 2 heterocycles. The molecule has 2 aromatic heterocycles. The molecule has 0 radical (unpaired) electrons. The maximum atomic E-state index is 5.75. The minimum atomic E-state index is 0. The SMILES string of the molecule is CN=C(NCCc1nnc2ccccn12)NC(C)c1ccc(OCC(C)C)cc1.I. The fourth-order valence-electron chi connectivity index (χ4n) is 2.95. The van der Waals surface area contributed by atoms with Crippen LogP contribution in [0, 0.1) is 5.92 Å². The van der Waals surface area contributed by atoms with Crippen LogP contribution in [0.15, 0.2) is 53.7 Å². The van der Waals surface area contributed by atoms with Gasteiger partial charge >= 0.3 is 0 Å². The van der Waals surface area contributed by atoms with Gasteiger partial charge in [-0.2, -0.15) is 0 Å². The molecule has 0 aliphatic rings. The first-order valence-corrected chi connectivity index (χ1v) is 10.1. The Balaban J connectivity index is 0.00000320. The Morgan fingerprint density at radius 2 is 1.87 bits per heavy atom. The number of nitrogens with zero attached hydrogens (tertiary/aromatic N) is 4. The molecule has 162 valence electrons. The summed E-state index contributed by atoms with van der Waals surface area (Å²) < 4.78 is 7.76. The number of guanidine groups is 1. The molecule has 0 saturated heterocycles. The van der Waals surface area contributed by atoms with E-state index in [-0.39, 0.29) is 30.0 Å². The molecule has 8 heteroatoms. The number of benzene rings is 1. The molecule has 0 fully saturated rings. The fraction of sp³-hybridized carbons (Fsp3) is 0.409. The van der Waals surface area contributed by atoms with E-state index in [1.54, 1.807) is 7.05 Å². The molecule has 0 aliphatic heterocycles. The van der Waals surface area contributed by atoms with E-state index in [2.05, 4.69) is 58.7 Å². The van der Waals surface area contributed by atoms with Crippen molar-refractivity contribution in [2.45, 2.75) is 33.2 Å². The number of rotatable bonds is 8. The lowest BCUT2D eigenvalue weighted by atomic mass is 10.1. The molecule has 3 rings (SSSR count). The zero-order valence-corrected chi connectivity index (χ0v) is 20.3. The molecule has 0 bridgehead atoms. The van der Waals surface area contributed by atoms with E-state index in [1.807, 2.05) is 40.9 Å². The zero-order valence-electron chi connectivity index (χ0n) is 18.0. The second-order valence-corrected chi connectivity index (χ2v) is 7.43. The number of aromatic nitrogens is 3. The van der Waals surface area contributed by atoms with Gasteiger partial charge in [-0.3, -0.25) is 9.39 Å². The van der Waals surface area contributed by atoms with Crippen LogP contribution < -0.4 is 15.4 Å². The van der Waals surface area contributed by atoms with Crippen molar-refractivity contribution in [3.63, 3.8) is 0 Å². The number of hydrogen-bond acceptors (Lipinski definition) is 4. The minimum absolute atomic E-state index is 0. The first-order valence-electron chi connectivity index (χ1n) is 10.1. The smallest absolute Gasteiger partial charge is 0.191 e. The molecule has 0 spiro atoms. The third kappa shape index (κ3) is 6.58. The molecular weight excluding hydrogens is 491 g/mol. The highest BCUT2D eigenvalue weighted by molar-refractivity contribution is 14.0. The number of nitrogens with one attached hydrogen (secondary N) is 2. The molecule has 30 heavy (non-hydrogen) atoms. The predicted octanol–water partition coefficient (Wildman–Crippen LogP) is 3.85. The third-order valence-electron chi connectivity index (χ3n) is 4.57. The zero-order chi connectivity index (χ0) is 20.6. The highest BCUT2D eigenvalue weighted by Gasteiger charge is 2.09. The van der Waals surface area contributed by atoms with E-state index in [0.29, 0.717) is 12.5 Å². The topological polar surface area (TPSA) is 75.8 Å². The van der Waals surface area contributed by atoms with Crippen molar-refractivity contribution in [3.05, 3.63) is 60.0 Å². The number of fused-ring (bicyclic) bond motifs is 1. The molecule has 1 unspecified atom stereocenters. The normalized spacial score (nSPS) is 12.5. The van der Waals surface area contributed by atoms with Crippen LogP contribution in [-0.2, 0) is 6.42 Å². The molecule has 0 saturated carbocycles. The average Bonchev–Trinajstić information content (AvgIpc) is 3.15. The molecule has 0 amide bonds. The lowest BCUT2D eigenvalue weighted by Gasteiger charge is -2.18. The second-order valence-electron chi connectivity index (χ2n) is 7.43. The summed E-state index contributed by atoms with van der Waals surface area (Å²) in [7, 11) is 1.78. The van der Waals surface area contributed by atoms with Gasteiger partial charge in [-0.25, -0.2) is 0 Å². The van der Waals surface area contributed by atoms with Crippen molar-refractivity contribution in [2.75, 3.05) is 20.2 Å². The summed E-state index contributed by atoms with van der Waals surface area (Å²) in [5, 5.41) is 15.2. The van der Waals surface area contributed by atoms with Gasteiger partial charge in [0.2, 0.25) is 0 Å². The number of halogens is 1. The summed E-state index contributed by atoms with van der Waals surface area (Å²) >= 11 is 0. The molecule has 7 nitrogen and oxygen atoms in total. The Labute approximate surface area is 195 Å². The maximum absolute atomic E-state index is 5.75. The van der Waals surface area contributed by atoms with Crippen LogP contribution in [0.1, 0.15) is 38.2 Å². The Kier molecular flexibility index (Phi) is 9.35. The molecular formula is C22H31IN6O. The van der Waals surface area contributed by atoms with E-state index >= 15 is 0 Å². The lowest BCUT2D eigenvalue weighted by Crippen LogP contribution is -2.39. The second kappa shape index (κ2) is 11.7. The van der Waals surface area contributed by atoms with Gasteiger partial charge in [-0.05, 0) is 42.7 Å². The molecule has 1 atom stereocenters. The highest BCUT2D eigenvalue weighted by atomic mass is 127. The Hall–Kier alpha value is -2.36. The van der Waals surface area contributed by atoms with Crippen molar-refractivity contribution in [1.29, 1.82) is 0 Å². The summed E-state index contributed by atoms with van der Waals surface area (Å²) in [4.78, 5) is 4.33. The Bertz CT molecular complexity index is 938. The number of hydrogen-bond donors (Lipinski definition) is 2. The first kappa shape index (κ1) is 23.9. The van der Waals surface area contributed by atoms with Crippen LogP contribution in [0.5, 0.6) is 5.75 Å². The van der Waals surface area contributed by atoms with E-state index in [4.69, 9.17) is 4.74 Å². The monoisotopic (exact) mass is 522 g/mol. The molecule has 3 aromatic rings. The van der Waals surface area contributed by atoms with E-state index in [0.717, 1.165) is 36.2 Å². The van der Waals surface area contributed by atoms with Crippen molar-refractivity contribution < 1.29 is 4.74 Å². The summed E-state index contributed by atoms with van der Waals surface area (Å²) in [6.07, 6.45) is 2.73. The van der Waals surface area contributed by atoms with Crippen LogP contribution in [-0.4, -0.2) is 40.8 Å². The minimum Gasteiger partial charge on any atom is -0.493 e. The van der Waals surface area contributed by atoms with E-state index < -0.39 is 0 Å². The van der Waals surface area contributed by atoms with Crippen LogP contribution in [0.2, 0.25) is 0 Å². The quantitative estimate of drug-likeness (QED) is 0.267. The molecule has 2 N–H and O–H groups in total. The van der Waals surface area contributed by atoms with Crippen LogP contribution in [0.25, 0.3) is 5.65 Å². The van der Waals surface area contributed by atoms with Gasteiger partial charge in [-0.15, -0.1) is 34.2 Å². The van der Waals surface area contributed by atoms with Crippen molar-refractivity contribution in [3.8, 4) is 5.75 Å². The van der Waals surface area contributed by atoms with E-state index in [1.165, 1.54) is 5.56 Å².